The quantitative estimate of drug-likeness (QED) is 0.777. The summed E-state index contributed by atoms with van der Waals surface area (Å²) < 4.78 is 0. The summed E-state index contributed by atoms with van der Waals surface area (Å²) >= 11 is 1.89. The molecular weight excluding hydrogens is 276 g/mol. The molecule has 1 aliphatic heterocycles. The lowest BCUT2D eigenvalue weighted by molar-refractivity contribution is 0.680. The Morgan fingerprint density at radius 2 is 1.86 bits per heavy atom. The Balaban J connectivity index is 1.71. The predicted octanol–water partition coefficient (Wildman–Crippen LogP) is 3.95. The van der Waals surface area contributed by atoms with E-state index in [4.69, 9.17) is 5.73 Å². The Labute approximate surface area is 128 Å². The van der Waals surface area contributed by atoms with Crippen LogP contribution >= 0.6 is 11.8 Å². The maximum Gasteiger partial charge on any atom is 0.0443 e. The zero-order valence-corrected chi connectivity index (χ0v) is 12.4. The molecule has 0 aliphatic carbocycles. The molecule has 0 saturated carbocycles. The van der Waals surface area contributed by atoms with Crippen LogP contribution in [0.25, 0.3) is 10.8 Å². The topological polar surface area (TPSA) is 38.9 Å². The van der Waals surface area contributed by atoms with Crippen LogP contribution in [0.15, 0.2) is 65.8 Å². The predicted molar refractivity (Wildman–Crippen MR) is 88.5 cm³/mol. The van der Waals surface area contributed by atoms with Crippen molar-refractivity contribution in [2.45, 2.75) is 22.6 Å². The van der Waals surface area contributed by atoms with Gasteiger partial charge in [0.1, 0.15) is 0 Å². The highest BCUT2D eigenvalue weighted by Crippen LogP contribution is 2.42. The van der Waals surface area contributed by atoms with Gasteiger partial charge in [-0.1, -0.05) is 42.5 Å². The molecule has 0 spiro atoms. The maximum atomic E-state index is 6.58. The molecule has 104 valence electrons. The summed E-state index contributed by atoms with van der Waals surface area (Å²) in [7, 11) is 0. The number of nitrogens with two attached hydrogens (primary N) is 1. The van der Waals surface area contributed by atoms with Gasteiger partial charge >= 0.3 is 0 Å². The van der Waals surface area contributed by atoms with Crippen LogP contribution in [0.3, 0.4) is 0 Å². The largest absolute Gasteiger partial charge is 0.323 e. The third-order valence-corrected chi connectivity index (χ3v) is 5.55. The van der Waals surface area contributed by atoms with Crippen molar-refractivity contribution in [3.63, 3.8) is 0 Å². The number of hydrogen-bond acceptors (Lipinski definition) is 3. The second kappa shape index (κ2) is 5.17. The van der Waals surface area contributed by atoms with E-state index in [1.165, 1.54) is 15.8 Å². The van der Waals surface area contributed by atoms with Gasteiger partial charge in [0.05, 0.1) is 0 Å². The maximum absolute atomic E-state index is 6.58. The summed E-state index contributed by atoms with van der Waals surface area (Å²) in [5.41, 5.74) is 9.15. The van der Waals surface area contributed by atoms with Crippen LogP contribution in [-0.2, 0) is 6.42 Å². The minimum Gasteiger partial charge on any atom is -0.323 e. The average molecular weight is 292 g/mol. The zero-order valence-electron chi connectivity index (χ0n) is 11.6. The van der Waals surface area contributed by atoms with Crippen LogP contribution in [0.5, 0.6) is 0 Å². The van der Waals surface area contributed by atoms with Crippen LogP contribution in [0.4, 0.5) is 0 Å². The highest BCUT2D eigenvalue weighted by molar-refractivity contribution is 8.00. The molecular formula is C18H16N2S. The summed E-state index contributed by atoms with van der Waals surface area (Å²) in [6.45, 7) is 0. The molecule has 1 aromatic heterocycles. The van der Waals surface area contributed by atoms with Gasteiger partial charge in [-0.2, -0.15) is 0 Å². The first-order valence-corrected chi connectivity index (χ1v) is 8.04. The summed E-state index contributed by atoms with van der Waals surface area (Å²) in [5, 5.41) is 2.76. The fraction of sp³-hybridized carbons (Fsp3) is 0.167. The van der Waals surface area contributed by atoms with Crippen molar-refractivity contribution in [3.05, 3.63) is 72.1 Å². The molecule has 2 atom stereocenters. The van der Waals surface area contributed by atoms with E-state index in [-0.39, 0.29) is 6.04 Å². The van der Waals surface area contributed by atoms with Gasteiger partial charge in [0.25, 0.3) is 0 Å². The zero-order chi connectivity index (χ0) is 14.2. The molecule has 3 heteroatoms. The molecule has 4 rings (SSSR count). The highest BCUT2D eigenvalue weighted by Gasteiger charge is 2.28. The molecule has 2 aromatic carbocycles. The van der Waals surface area contributed by atoms with Crippen LogP contribution in [0.2, 0.25) is 0 Å². The molecule has 2 heterocycles. The van der Waals surface area contributed by atoms with Gasteiger partial charge in [-0.05, 0) is 29.0 Å². The van der Waals surface area contributed by atoms with Crippen LogP contribution < -0.4 is 5.73 Å². The monoisotopic (exact) mass is 292 g/mol. The first kappa shape index (κ1) is 12.9. The van der Waals surface area contributed by atoms with Crippen LogP contribution in [-0.4, -0.2) is 10.2 Å². The highest BCUT2D eigenvalue weighted by atomic mass is 32.2. The van der Waals surface area contributed by atoms with Gasteiger partial charge < -0.3 is 5.73 Å². The number of nitrogens with zero attached hydrogens (tertiary/aromatic N) is 1. The number of pyridine rings is 1. The minimum atomic E-state index is 0.000926. The van der Waals surface area contributed by atoms with Crippen molar-refractivity contribution in [1.29, 1.82) is 0 Å². The van der Waals surface area contributed by atoms with Gasteiger partial charge in [-0.15, -0.1) is 11.8 Å². The summed E-state index contributed by atoms with van der Waals surface area (Å²) in [4.78, 5) is 5.73. The molecule has 2 N–H and O–H groups in total. The number of aromatic nitrogens is 1. The van der Waals surface area contributed by atoms with Gasteiger partial charge in [-0.25, -0.2) is 0 Å². The normalized spacial score (nSPS) is 18.6. The van der Waals surface area contributed by atoms with E-state index in [1.54, 1.807) is 0 Å². The number of hydrogen-bond donors (Lipinski definition) is 1. The Morgan fingerprint density at radius 1 is 1.05 bits per heavy atom. The molecule has 2 unspecified atom stereocenters. The van der Waals surface area contributed by atoms with Gasteiger partial charge in [0, 0.05) is 34.0 Å². The molecule has 0 radical (unpaired) electrons. The van der Waals surface area contributed by atoms with Gasteiger partial charge in [0.2, 0.25) is 0 Å². The number of thioether (sulfide) groups is 1. The van der Waals surface area contributed by atoms with Crippen molar-refractivity contribution in [2.24, 2.45) is 5.73 Å². The molecule has 1 aliphatic rings. The smallest absolute Gasteiger partial charge is 0.0443 e. The lowest BCUT2D eigenvalue weighted by Crippen LogP contribution is -2.23. The van der Waals surface area contributed by atoms with Crippen LogP contribution in [0, 0.1) is 0 Å². The van der Waals surface area contributed by atoms with Gasteiger partial charge in [0.15, 0.2) is 0 Å². The van der Waals surface area contributed by atoms with E-state index in [0.29, 0.717) is 5.25 Å². The minimum absolute atomic E-state index is 0.000926. The molecule has 2 nitrogen and oxygen atoms in total. The average Bonchev–Trinajstić information content (AvgIpc) is 2.97. The number of benzene rings is 2. The summed E-state index contributed by atoms with van der Waals surface area (Å²) in [5.74, 6) is 0. The molecule has 0 bridgehead atoms. The Kier molecular flexibility index (Phi) is 3.17. The lowest BCUT2D eigenvalue weighted by atomic mass is 9.97. The van der Waals surface area contributed by atoms with Crippen molar-refractivity contribution >= 4 is 22.5 Å². The summed E-state index contributed by atoms with van der Waals surface area (Å²) in [6.07, 6.45) is 4.86. The van der Waals surface area contributed by atoms with Crippen molar-refractivity contribution < 1.29 is 0 Å². The molecule has 0 amide bonds. The third kappa shape index (κ3) is 2.23. The van der Waals surface area contributed by atoms with Crippen molar-refractivity contribution in [2.75, 3.05) is 0 Å². The lowest BCUT2D eigenvalue weighted by Gasteiger charge is -2.20. The second-order valence-electron chi connectivity index (χ2n) is 5.44. The van der Waals surface area contributed by atoms with E-state index >= 15 is 0 Å². The Bertz CT molecular complexity index is 770. The molecule has 0 saturated heterocycles. The van der Waals surface area contributed by atoms with Crippen molar-refractivity contribution in [1.82, 2.24) is 4.98 Å². The second-order valence-corrected chi connectivity index (χ2v) is 6.72. The third-order valence-electron chi connectivity index (χ3n) is 4.13. The van der Waals surface area contributed by atoms with Crippen LogP contribution in [0.1, 0.15) is 17.2 Å². The molecule has 3 aromatic rings. The first-order chi connectivity index (χ1) is 10.3. The fourth-order valence-corrected chi connectivity index (χ4v) is 4.36. The Morgan fingerprint density at radius 3 is 2.76 bits per heavy atom. The first-order valence-electron chi connectivity index (χ1n) is 7.16. The van der Waals surface area contributed by atoms with Crippen molar-refractivity contribution in [3.8, 4) is 0 Å². The Hall–Kier alpha value is -1.84. The fourth-order valence-electron chi connectivity index (χ4n) is 3.01. The SMILES string of the molecule is NC(c1cncc2ccccc12)C1Cc2ccccc2S1. The number of fused-ring (bicyclic) bond motifs is 2. The van der Waals surface area contributed by atoms with E-state index in [0.717, 1.165) is 17.4 Å². The molecule has 0 fully saturated rings. The van der Waals surface area contributed by atoms with E-state index in [2.05, 4.69) is 47.4 Å². The van der Waals surface area contributed by atoms with E-state index in [9.17, 15) is 0 Å². The summed E-state index contributed by atoms with van der Waals surface area (Å²) in [6, 6.07) is 16.9. The van der Waals surface area contributed by atoms with Gasteiger partial charge in [-0.3, -0.25) is 4.98 Å². The molecule has 21 heavy (non-hydrogen) atoms. The van der Waals surface area contributed by atoms with E-state index in [1.807, 2.05) is 30.2 Å². The van der Waals surface area contributed by atoms with E-state index < -0.39 is 0 Å². The standard InChI is InChI=1S/C18H16N2S/c19-18(17-9-12-5-2-4-8-16(12)21-17)15-11-20-10-13-6-1-3-7-14(13)15/h1-8,10-11,17-18H,9,19H2. The number of rotatable bonds is 2.